The summed E-state index contributed by atoms with van der Waals surface area (Å²) >= 11 is 7.96. The van der Waals surface area contributed by atoms with Gasteiger partial charge in [-0.15, -0.1) is 0 Å². The van der Waals surface area contributed by atoms with E-state index in [2.05, 4.69) is 5.32 Å². The number of urea groups is 1. The van der Waals surface area contributed by atoms with Gasteiger partial charge in [-0.3, -0.25) is 25.0 Å². The SMILES string of the molecule is CCOc1cc(/C=C2\C(=O)NC(=O)N(c3ccc(OCc4ccc(Cl)cc4)cc3)C2=O)cc(I)c1OCc1cccc([N+](=O)[O-])c1. The Morgan fingerprint density at radius 3 is 2.33 bits per heavy atom. The minimum Gasteiger partial charge on any atom is -0.490 e. The van der Waals surface area contributed by atoms with Crippen molar-refractivity contribution in [2.75, 3.05) is 11.5 Å². The molecule has 0 saturated carbocycles. The number of amides is 4. The first-order chi connectivity index (χ1) is 22.1. The van der Waals surface area contributed by atoms with Crippen molar-refractivity contribution in [3.05, 3.63) is 126 Å². The van der Waals surface area contributed by atoms with Crippen LogP contribution in [-0.2, 0) is 22.8 Å². The van der Waals surface area contributed by atoms with Gasteiger partial charge in [-0.1, -0.05) is 35.9 Å². The maximum atomic E-state index is 13.5. The lowest BCUT2D eigenvalue weighted by molar-refractivity contribution is -0.384. The van der Waals surface area contributed by atoms with Crippen LogP contribution in [0.4, 0.5) is 16.2 Å². The van der Waals surface area contributed by atoms with E-state index in [1.807, 2.05) is 34.7 Å². The number of hydrogen-bond acceptors (Lipinski definition) is 8. The van der Waals surface area contributed by atoms with Gasteiger partial charge in [0.05, 0.1) is 20.8 Å². The Labute approximate surface area is 282 Å². The van der Waals surface area contributed by atoms with E-state index in [0.717, 1.165) is 10.5 Å². The topological polar surface area (TPSA) is 137 Å². The molecule has 0 atom stereocenters. The second kappa shape index (κ2) is 14.4. The van der Waals surface area contributed by atoms with Crippen molar-refractivity contribution in [3.63, 3.8) is 0 Å². The summed E-state index contributed by atoms with van der Waals surface area (Å²) in [4.78, 5) is 50.6. The minimum absolute atomic E-state index is 0.0428. The molecule has 0 radical (unpaired) electrons. The summed E-state index contributed by atoms with van der Waals surface area (Å²) in [6.45, 7) is 2.42. The largest absolute Gasteiger partial charge is 0.490 e. The molecule has 0 aliphatic carbocycles. The Kier molecular flexibility index (Phi) is 10.2. The summed E-state index contributed by atoms with van der Waals surface area (Å²) in [5, 5.41) is 14.0. The minimum atomic E-state index is -0.878. The summed E-state index contributed by atoms with van der Waals surface area (Å²) < 4.78 is 18.2. The average Bonchev–Trinajstić information content (AvgIpc) is 3.03. The van der Waals surface area contributed by atoms with Crippen molar-refractivity contribution in [3.8, 4) is 17.2 Å². The van der Waals surface area contributed by atoms with Crippen molar-refractivity contribution in [2.45, 2.75) is 20.1 Å². The third-order valence-electron chi connectivity index (χ3n) is 6.66. The molecule has 1 aliphatic rings. The van der Waals surface area contributed by atoms with Gasteiger partial charge in [0.1, 0.15) is 24.5 Å². The van der Waals surface area contributed by atoms with E-state index in [-0.39, 0.29) is 23.6 Å². The fourth-order valence-corrected chi connectivity index (χ4v) is 5.39. The molecule has 1 heterocycles. The van der Waals surface area contributed by atoms with Gasteiger partial charge >= 0.3 is 6.03 Å². The van der Waals surface area contributed by atoms with Crippen LogP contribution >= 0.6 is 34.2 Å². The van der Waals surface area contributed by atoms with E-state index in [9.17, 15) is 24.5 Å². The lowest BCUT2D eigenvalue weighted by Crippen LogP contribution is -2.54. The Bertz CT molecular complexity index is 1850. The van der Waals surface area contributed by atoms with Crippen LogP contribution in [0.2, 0.25) is 5.02 Å². The number of halogens is 2. The van der Waals surface area contributed by atoms with Gasteiger partial charge in [-0.2, -0.15) is 0 Å². The molecule has 11 nitrogen and oxygen atoms in total. The van der Waals surface area contributed by atoms with Gasteiger partial charge < -0.3 is 14.2 Å². The molecule has 13 heteroatoms. The first kappa shape index (κ1) is 32.4. The number of rotatable bonds is 11. The van der Waals surface area contributed by atoms with Crippen LogP contribution in [0, 0.1) is 13.7 Å². The number of hydrogen-bond donors (Lipinski definition) is 1. The molecular weight excluding hydrogens is 729 g/mol. The molecule has 1 aliphatic heterocycles. The van der Waals surface area contributed by atoms with E-state index in [1.165, 1.54) is 18.2 Å². The summed E-state index contributed by atoms with van der Waals surface area (Å²) in [5.74, 6) is -0.389. The predicted octanol–water partition coefficient (Wildman–Crippen LogP) is 7.08. The maximum absolute atomic E-state index is 13.5. The Morgan fingerprint density at radius 2 is 1.63 bits per heavy atom. The molecule has 0 unspecified atom stereocenters. The van der Waals surface area contributed by atoms with Crippen molar-refractivity contribution >= 4 is 69.5 Å². The Morgan fingerprint density at radius 1 is 0.913 bits per heavy atom. The highest BCUT2D eigenvalue weighted by molar-refractivity contribution is 14.1. The molecule has 0 aromatic heterocycles. The molecule has 46 heavy (non-hydrogen) atoms. The first-order valence-electron chi connectivity index (χ1n) is 13.8. The third-order valence-corrected chi connectivity index (χ3v) is 7.72. The van der Waals surface area contributed by atoms with Crippen LogP contribution in [0.15, 0.2) is 90.5 Å². The Balaban J connectivity index is 1.35. The second-order valence-electron chi connectivity index (χ2n) is 9.85. The number of barbiturate groups is 1. The molecule has 234 valence electrons. The standard InChI is InChI=1S/C33H25ClIN3O8/c1-2-44-29-17-22(16-28(35)30(29)46-19-21-4-3-5-25(14-21)38(42)43)15-27-31(39)36-33(41)37(32(27)40)24-10-12-26(13-11-24)45-18-20-6-8-23(34)9-7-20/h3-17H,2,18-19H2,1H3,(H,36,39,41)/b27-15+. The van der Waals surface area contributed by atoms with E-state index in [4.69, 9.17) is 25.8 Å². The highest BCUT2D eigenvalue weighted by atomic mass is 127. The number of nitro groups is 1. The second-order valence-corrected chi connectivity index (χ2v) is 11.4. The summed E-state index contributed by atoms with van der Waals surface area (Å²) in [7, 11) is 0. The normalized spacial score (nSPS) is 13.8. The van der Waals surface area contributed by atoms with Crippen molar-refractivity contribution in [1.82, 2.24) is 5.32 Å². The fraction of sp³-hybridized carbons (Fsp3) is 0.121. The van der Waals surface area contributed by atoms with E-state index >= 15 is 0 Å². The molecule has 4 aromatic rings. The highest BCUT2D eigenvalue weighted by Crippen LogP contribution is 2.36. The van der Waals surface area contributed by atoms with Crippen molar-refractivity contribution in [2.24, 2.45) is 0 Å². The molecular formula is C33H25ClIN3O8. The number of non-ortho nitro benzene ring substituents is 1. The predicted molar refractivity (Wildman–Crippen MR) is 179 cm³/mol. The number of benzene rings is 4. The summed E-state index contributed by atoms with van der Waals surface area (Å²) in [6.07, 6.45) is 1.37. The molecule has 0 spiro atoms. The highest BCUT2D eigenvalue weighted by Gasteiger charge is 2.37. The maximum Gasteiger partial charge on any atom is 0.335 e. The number of nitrogens with one attached hydrogen (secondary N) is 1. The van der Waals surface area contributed by atoms with Crippen LogP contribution in [0.5, 0.6) is 17.2 Å². The number of ether oxygens (including phenoxy) is 3. The van der Waals surface area contributed by atoms with Crippen molar-refractivity contribution < 1.29 is 33.5 Å². The van der Waals surface area contributed by atoms with E-state index in [0.29, 0.717) is 50.2 Å². The number of anilines is 1. The number of nitrogens with zero attached hydrogens (tertiary/aromatic N) is 2. The van der Waals surface area contributed by atoms with Crippen LogP contribution in [0.1, 0.15) is 23.6 Å². The molecule has 1 N–H and O–H groups in total. The van der Waals surface area contributed by atoms with Crippen LogP contribution in [0.3, 0.4) is 0 Å². The zero-order valence-corrected chi connectivity index (χ0v) is 27.1. The lowest BCUT2D eigenvalue weighted by Gasteiger charge is -2.26. The van der Waals surface area contributed by atoms with Gasteiger partial charge in [-0.05, 0) is 101 Å². The molecule has 5 rings (SSSR count). The van der Waals surface area contributed by atoms with E-state index < -0.39 is 22.8 Å². The summed E-state index contributed by atoms with van der Waals surface area (Å²) in [6, 6.07) is 22.1. The number of carbonyl (C=O) groups excluding carboxylic acids is 3. The molecule has 1 saturated heterocycles. The third kappa shape index (κ3) is 7.64. The number of carbonyl (C=O) groups is 3. The lowest BCUT2D eigenvalue weighted by atomic mass is 10.1. The van der Waals surface area contributed by atoms with Gasteiger partial charge in [0.25, 0.3) is 17.5 Å². The van der Waals surface area contributed by atoms with Crippen LogP contribution in [0.25, 0.3) is 6.08 Å². The quantitative estimate of drug-likeness (QED) is 0.0565. The molecule has 1 fully saturated rings. The smallest absolute Gasteiger partial charge is 0.335 e. The Hall–Kier alpha value is -4.95. The molecule has 4 amide bonds. The molecule has 4 aromatic carbocycles. The zero-order chi connectivity index (χ0) is 32.8. The van der Waals surface area contributed by atoms with Gasteiger partial charge in [0.2, 0.25) is 0 Å². The van der Waals surface area contributed by atoms with Crippen molar-refractivity contribution in [1.29, 1.82) is 0 Å². The zero-order valence-electron chi connectivity index (χ0n) is 24.2. The fourth-order valence-electron chi connectivity index (χ4n) is 4.49. The van der Waals surface area contributed by atoms with Crippen LogP contribution < -0.4 is 24.4 Å². The monoisotopic (exact) mass is 753 g/mol. The van der Waals surface area contributed by atoms with E-state index in [1.54, 1.807) is 67.6 Å². The number of nitro benzene ring substituents is 1. The molecule has 0 bridgehead atoms. The van der Waals surface area contributed by atoms with Gasteiger partial charge in [0, 0.05) is 17.2 Å². The van der Waals surface area contributed by atoms with Gasteiger partial charge in [0.15, 0.2) is 11.5 Å². The van der Waals surface area contributed by atoms with Gasteiger partial charge in [-0.25, -0.2) is 9.69 Å². The number of imide groups is 2. The first-order valence-corrected chi connectivity index (χ1v) is 15.3. The average molecular weight is 754 g/mol. The summed E-state index contributed by atoms with van der Waals surface area (Å²) in [5.41, 5.74) is 1.89. The van der Waals surface area contributed by atoms with Crippen LogP contribution in [-0.4, -0.2) is 29.4 Å².